The molecule has 0 heterocycles. The van der Waals surface area contributed by atoms with Crippen LogP contribution in [-0.2, 0) is 19.1 Å². The highest BCUT2D eigenvalue weighted by Crippen LogP contribution is 2.03. The van der Waals surface area contributed by atoms with E-state index >= 15 is 0 Å². The molecule has 0 saturated carbocycles. The number of aliphatic hydroxyl groups excluding tert-OH is 1. The Morgan fingerprint density at radius 2 is 2.15 bits per heavy atom. The molecular weight excluding hydrogens is 266 g/mol. The largest absolute Gasteiger partial charge is 0.461 e. The van der Waals surface area contributed by atoms with Crippen LogP contribution in [0.2, 0.25) is 0 Å². The molecule has 0 radical (unpaired) electrons. The predicted octanol–water partition coefficient (Wildman–Crippen LogP) is -0.537. The lowest BCUT2D eigenvalue weighted by Crippen LogP contribution is -2.46. The summed E-state index contributed by atoms with van der Waals surface area (Å²) in [4.78, 5) is 37.6. The van der Waals surface area contributed by atoms with Crippen molar-refractivity contribution in [2.75, 3.05) is 0 Å². The molecule has 0 aromatic carbocycles. The second kappa shape index (κ2) is 8.95. The van der Waals surface area contributed by atoms with E-state index < -0.39 is 42.8 Å². The Kier molecular flexibility index (Phi) is 5.80. The molecule has 8 heteroatoms. The Morgan fingerprint density at radius 3 is 2.65 bits per heavy atom. The van der Waals surface area contributed by atoms with E-state index in [9.17, 15) is 14.4 Å². The first kappa shape index (κ1) is 13.0. The number of carbonyl (C=O) groups excluding carboxylic acids is 3. The maximum atomic E-state index is 12.0. The number of Topliss-reactive ketones (excluding diaryl/α,β-unsaturated/α-hetero) is 1. The molecule has 0 spiro atoms. The number of rotatable bonds is 8. The summed E-state index contributed by atoms with van der Waals surface area (Å²) in [6.45, 7) is -0.167. The minimum Gasteiger partial charge on any atom is -0.461 e. The molecule has 112 valence electrons. The first-order chi connectivity index (χ1) is 10.5. The number of nitrogens with zero attached hydrogens (tertiary/aromatic N) is 1. The van der Waals surface area contributed by atoms with E-state index in [1.807, 2.05) is 0 Å². The van der Waals surface area contributed by atoms with Crippen molar-refractivity contribution < 1.29 is 33.1 Å². The molecule has 0 aromatic rings. The normalized spacial score (nSPS) is 17.2. The Hall–Kier alpha value is -2.05. The zero-order valence-electron chi connectivity index (χ0n) is 14.3. The number of ketones is 1. The molecule has 0 aliphatic carbocycles. The number of amides is 1. The van der Waals surface area contributed by atoms with Crippen LogP contribution in [0.5, 0.6) is 0 Å². The zero-order valence-corrected chi connectivity index (χ0v) is 11.3. The van der Waals surface area contributed by atoms with Crippen molar-refractivity contribution in [1.29, 1.82) is 5.53 Å². The van der Waals surface area contributed by atoms with Crippen LogP contribution in [0.3, 0.4) is 0 Å². The van der Waals surface area contributed by atoms with E-state index in [1.54, 1.807) is 0 Å². The standard InChI is InChI=1S/C12H19N3O5/c1-7(2)20-12(19)10(15-11(18)8(3)16)5-4-9(17)6-14-13/h6-8,10,13,16H,4-5H2,1-3H3/p+1/t8-,10-/m0/s1/i1D3/t7?,8-,10-. The predicted molar refractivity (Wildman–Crippen MR) is 68.1 cm³/mol. The van der Waals surface area contributed by atoms with E-state index in [0.29, 0.717) is 0 Å². The third kappa shape index (κ3) is 7.40. The summed E-state index contributed by atoms with van der Waals surface area (Å²) in [5.41, 5.74) is 6.53. The first-order valence-corrected chi connectivity index (χ1v) is 5.90. The average molecular weight is 289 g/mol. The second-order valence-corrected chi connectivity index (χ2v) is 4.08. The van der Waals surface area contributed by atoms with Gasteiger partial charge in [0.1, 0.15) is 12.1 Å². The minimum atomic E-state index is -2.53. The molecule has 0 bridgehead atoms. The maximum absolute atomic E-state index is 12.0. The van der Waals surface area contributed by atoms with Crippen molar-refractivity contribution in [2.24, 2.45) is 0 Å². The summed E-state index contributed by atoms with van der Waals surface area (Å²) < 4.78 is 26.2. The van der Waals surface area contributed by atoms with Crippen molar-refractivity contribution in [3.8, 4) is 0 Å². The SMILES string of the molecule is [2H]C([2H])([2H])C(C)OC(=O)[C@H](CCC(=O)C=[N+]=N)NC(=O)[C@H](C)O. The molecule has 0 rings (SSSR count). The Morgan fingerprint density at radius 1 is 1.50 bits per heavy atom. The molecular formula is C12H20N3O5+. The third-order valence-corrected chi connectivity index (χ3v) is 2.16. The number of hydrogen-bond acceptors (Lipinski definition) is 6. The van der Waals surface area contributed by atoms with E-state index in [2.05, 4.69) is 10.1 Å². The van der Waals surface area contributed by atoms with Gasteiger partial charge in [-0.2, -0.15) is 0 Å². The molecule has 0 aliphatic rings. The molecule has 3 atom stereocenters. The van der Waals surface area contributed by atoms with Crippen molar-refractivity contribution in [1.82, 2.24) is 5.32 Å². The summed E-state index contributed by atoms with van der Waals surface area (Å²) in [7, 11) is 0. The van der Waals surface area contributed by atoms with Gasteiger partial charge in [-0.1, -0.05) is 0 Å². The Bertz CT molecular complexity index is 501. The summed E-state index contributed by atoms with van der Waals surface area (Å²) >= 11 is 0. The van der Waals surface area contributed by atoms with Crippen LogP contribution in [0, 0.1) is 5.53 Å². The molecule has 1 amide bonds. The van der Waals surface area contributed by atoms with Crippen LogP contribution in [-0.4, -0.2) is 52.0 Å². The Labute approximate surface area is 120 Å². The third-order valence-electron chi connectivity index (χ3n) is 2.16. The van der Waals surface area contributed by atoms with Crippen LogP contribution in [0.15, 0.2) is 0 Å². The van der Waals surface area contributed by atoms with Crippen molar-refractivity contribution in [3.63, 3.8) is 0 Å². The highest BCUT2D eigenvalue weighted by molar-refractivity contribution is 6.25. The van der Waals surface area contributed by atoms with E-state index in [0.717, 1.165) is 6.21 Å². The van der Waals surface area contributed by atoms with Gasteiger partial charge in [0.05, 0.1) is 16.4 Å². The number of esters is 1. The van der Waals surface area contributed by atoms with Crippen LogP contribution in [0.4, 0.5) is 0 Å². The second-order valence-electron chi connectivity index (χ2n) is 4.08. The summed E-state index contributed by atoms with van der Waals surface area (Å²) in [5, 5.41) is 11.3. The number of hydrogen-bond donors (Lipinski definition) is 3. The fraction of sp³-hybridized carbons (Fsp3) is 0.667. The van der Waals surface area contributed by atoms with Gasteiger partial charge in [-0.05, 0) is 27.1 Å². The molecule has 0 aliphatic heterocycles. The van der Waals surface area contributed by atoms with Crippen molar-refractivity contribution >= 4 is 23.9 Å². The van der Waals surface area contributed by atoms with Crippen LogP contribution >= 0.6 is 0 Å². The number of ether oxygens (including phenoxy) is 1. The van der Waals surface area contributed by atoms with E-state index in [-0.39, 0.29) is 12.8 Å². The van der Waals surface area contributed by atoms with Crippen LogP contribution in [0.25, 0.3) is 0 Å². The van der Waals surface area contributed by atoms with Crippen LogP contribution < -0.4 is 5.32 Å². The van der Waals surface area contributed by atoms with Gasteiger partial charge in [0, 0.05) is 10.5 Å². The van der Waals surface area contributed by atoms with Gasteiger partial charge in [0.15, 0.2) is 0 Å². The lowest BCUT2D eigenvalue weighted by atomic mass is 10.1. The van der Waals surface area contributed by atoms with Crippen LogP contribution in [0.1, 0.15) is 37.7 Å². The van der Waals surface area contributed by atoms with E-state index in [1.165, 1.54) is 13.8 Å². The van der Waals surface area contributed by atoms with Gasteiger partial charge in [-0.25, -0.2) is 4.79 Å². The fourth-order valence-electron chi connectivity index (χ4n) is 1.22. The lowest BCUT2D eigenvalue weighted by molar-refractivity contribution is -0.152. The maximum Gasteiger partial charge on any atom is 0.372 e. The van der Waals surface area contributed by atoms with Gasteiger partial charge in [-0.3, -0.25) is 9.59 Å². The summed E-state index contributed by atoms with van der Waals surface area (Å²) in [5.74, 6) is -2.44. The van der Waals surface area contributed by atoms with Crippen molar-refractivity contribution in [2.45, 2.75) is 51.8 Å². The lowest BCUT2D eigenvalue weighted by Gasteiger charge is -2.19. The van der Waals surface area contributed by atoms with E-state index in [4.69, 9.17) is 19.5 Å². The van der Waals surface area contributed by atoms with Gasteiger partial charge in [-0.15, -0.1) is 0 Å². The van der Waals surface area contributed by atoms with Gasteiger partial charge < -0.3 is 15.2 Å². The zero-order chi connectivity index (χ0) is 18.2. The number of aliphatic hydroxyl groups is 1. The number of carbonyl (C=O) groups is 3. The first-order valence-electron chi connectivity index (χ1n) is 7.40. The molecule has 3 N–H and O–H groups in total. The van der Waals surface area contributed by atoms with Gasteiger partial charge >= 0.3 is 12.2 Å². The molecule has 0 saturated heterocycles. The molecule has 1 unspecified atom stereocenters. The van der Waals surface area contributed by atoms with Crippen molar-refractivity contribution in [3.05, 3.63) is 0 Å². The molecule has 0 aromatic heterocycles. The van der Waals surface area contributed by atoms with Gasteiger partial charge in [0.2, 0.25) is 11.7 Å². The topological polar surface area (TPSA) is 131 Å². The quantitative estimate of drug-likeness (QED) is 0.239. The molecule has 20 heavy (non-hydrogen) atoms. The Balaban J connectivity index is 4.95. The average Bonchev–Trinajstić information content (AvgIpc) is 2.41. The molecule has 0 fully saturated rings. The smallest absolute Gasteiger partial charge is 0.372 e. The minimum absolute atomic E-state index is 0.185. The number of nitrogens with one attached hydrogen (secondary N) is 2. The monoisotopic (exact) mass is 289 g/mol. The fourth-order valence-corrected chi connectivity index (χ4v) is 1.22. The van der Waals surface area contributed by atoms with Gasteiger partial charge in [0.25, 0.3) is 0 Å². The highest BCUT2D eigenvalue weighted by atomic mass is 16.5. The highest BCUT2D eigenvalue weighted by Gasteiger charge is 2.25. The summed E-state index contributed by atoms with van der Waals surface area (Å²) in [6, 6.07) is -1.30. The molecule has 8 nitrogen and oxygen atoms in total. The summed E-state index contributed by atoms with van der Waals surface area (Å²) in [6.07, 6.45) is -2.45.